The summed E-state index contributed by atoms with van der Waals surface area (Å²) < 4.78 is 1.93. The molecule has 1 N–H and O–H groups in total. The molecular formula is C15H21N5OS. The summed E-state index contributed by atoms with van der Waals surface area (Å²) in [6.07, 6.45) is 3.89. The van der Waals surface area contributed by atoms with Crippen LogP contribution in [-0.2, 0) is 11.8 Å². The standard InChI is InChI=1S/C15H21N5OS/c1-10-14(11(2)19(3)18-10)12-5-4-7-20(12)9-13(21)17-15-16-6-8-22-15/h6,8,12H,4-5,7,9H2,1-3H3,(H,16,17,21)/t12-/m1/s1. The average molecular weight is 319 g/mol. The molecule has 2 aromatic heterocycles. The molecule has 0 spiro atoms. The second-order valence-corrected chi connectivity index (χ2v) is 6.62. The normalized spacial score (nSPS) is 18.8. The largest absolute Gasteiger partial charge is 0.301 e. The Balaban J connectivity index is 1.72. The first-order chi connectivity index (χ1) is 10.6. The molecule has 0 saturated carbocycles. The van der Waals surface area contributed by atoms with Crippen LogP contribution in [0.2, 0.25) is 0 Å². The van der Waals surface area contributed by atoms with Gasteiger partial charge in [-0.05, 0) is 33.2 Å². The van der Waals surface area contributed by atoms with Gasteiger partial charge in [0.2, 0.25) is 5.91 Å². The fourth-order valence-electron chi connectivity index (χ4n) is 3.24. The first kappa shape index (κ1) is 15.2. The van der Waals surface area contributed by atoms with Crippen LogP contribution in [0.1, 0.15) is 35.8 Å². The number of likely N-dealkylation sites (tertiary alicyclic amines) is 1. The minimum atomic E-state index is 0.000969. The number of carbonyl (C=O) groups is 1. The van der Waals surface area contributed by atoms with Gasteiger partial charge in [-0.25, -0.2) is 4.98 Å². The third-order valence-electron chi connectivity index (χ3n) is 4.29. The summed E-state index contributed by atoms with van der Waals surface area (Å²) in [6.45, 7) is 5.50. The minimum Gasteiger partial charge on any atom is -0.301 e. The zero-order valence-electron chi connectivity index (χ0n) is 13.2. The summed E-state index contributed by atoms with van der Waals surface area (Å²) in [5.41, 5.74) is 3.54. The van der Waals surface area contributed by atoms with Gasteiger partial charge in [-0.1, -0.05) is 0 Å². The molecule has 1 aliphatic rings. The van der Waals surface area contributed by atoms with Gasteiger partial charge in [-0.2, -0.15) is 5.10 Å². The van der Waals surface area contributed by atoms with Crippen molar-refractivity contribution in [3.05, 3.63) is 28.5 Å². The highest BCUT2D eigenvalue weighted by Crippen LogP contribution is 2.35. The molecular weight excluding hydrogens is 298 g/mol. The number of hydrogen-bond donors (Lipinski definition) is 1. The molecule has 1 fully saturated rings. The van der Waals surface area contributed by atoms with Crippen LogP contribution < -0.4 is 5.32 Å². The van der Waals surface area contributed by atoms with E-state index in [1.165, 1.54) is 22.6 Å². The van der Waals surface area contributed by atoms with E-state index in [4.69, 9.17) is 0 Å². The summed E-state index contributed by atoms with van der Waals surface area (Å²) in [5, 5.41) is 9.89. The number of amides is 1. The molecule has 3 heterocycles. The van der Waals surface area contributed by atoms with Crippen LogP contribution in [0.15, 0.2) is 11.6 Å². The van der Waals surface area contributed by atoms with Gasteiger partial charge in [0.1, 0.15) is 0 Å². The Labute approximate surface area is 134 Å². The van der Waals surface area contributed by atoms with Gasteiger partial charge in [-0.15, -0.1) is 11.3 Å². The third kappa shape index (κ3) is 2.91. The van der Waals surface area contributed by atoms with Gasteiger partial charge in [0.25, 0.3) is 0 Å². The first-order valence-corrected chi connectivity index (χ1v) is 8.37. The predicted octanol–water partition coefficient (Wildman–Crippen LogP) is 2.27. The molecule has 1 saturated heterocycles. The third-order valence-corrected chi connectivity index (χ3v) is 4.98. The van der Waals surface area contributed by atoms with E-state index >= 15 is 0 Å². The number of hydrogen-bond acceptors (Lipinski definition) is 5. The van der Waals surface area contributed by atoms with E-state index in [9.17, 15) is 4.79 Å². The molecule has 3 rings (SSSR count). The van der Waals surface area contributed by atoms with Crippen molar-refractivity contribution in [1.82, 2.24) is 19.7 Å². The molecule has 22 heavy (non-hydrogen) atoms. The Kier molecular flexibility index (Phi) is 4.26. The zero-order valence-corrected chi connectivity index (χ0v) is 14.0. The van der Waals surface area contributed by atoms with Gasteiger partial charge < -0.3 is 5.32 Å². The lowest BCUT2D eigenvalue weighted by Crippen LogP contribution is -2.33. The van der Waals surface area contributed by atoms with Gasteiger partial charge in [0, 0.05) is 35.9 Å². The molecule has 0 bridgehead atoms. The number of thiazole rings is 1. The minimum absolute atomic E-state index is 0.000969. The zero-order chi connectivity index (χ0) is 15.7. The van der Waals surface area contributed by atoms with Crippen LogP contribution in [0, 0.1) is 13.8 Å². The lowest BCUT2D eigenvalue weighted by molar-refractivity contribution is -0.117. The average Bonchev–Trinajstić information content (AvgIpc) is 3.15. The summed E-state index contributed by atoms with van der Waals surface area (Å²) in [5.74, 6) is 0.000969. The number of anilines is 1. The summed E-state index contributed by atoms with van der Waals surface area (Å²) in [4.78, 5) is 18.6. The first-order valence-electron chi connectivity index (χ1n) is 7.49. The predicted molar refractivity (Wildman–Crippen MR) is 87.0 cm³/mol. The maximum Gasteiger partial charge on any atom is 0.240 e. The van der Waals surface area contributed by atoms with Crippen LogP contribution in [0.5, 0.6) is 0 Å². The Hall–Kier alpha value is -1.73. The molecule has 0 radical (unpaired) electrons. The topological polar surface area (TPSA) is 63.1 Å². The second kappa shape index (κ2) is 6.18. The number of carbonyl (C=O) groups excluding carboxylic acids is 1. The van der Waals surface area contributed by atoms with Crippen molar-refractivity contribution in [3.63, 3.8) is 0 Å². The van der Waals surface area contributed by atoms with E-state index in [1.807, 2.05) is 17.1 Å². The molecule has 7 heteroatoms. The van der Waals surface area contributed by atoms with E-state index in [0.29, 0.717) is 11.7 Å². The van der Waals surface area contributed by atoms with Crippen molar-refractivity contribution in [2.45, 2.75) is 32.7 Å². The molecule has 118 valence electrons. The van der Waals surface area contributed by atoms with Gasteiger partial charge in [-0.3, -0.25) is 14.4 Å². The Bertz CT molecular complexity index is 664. The van der Waals surface area contributed by atoms with Crippen LogP contribution in [0.4, 0.5) is 5.13 Å². The fraction of sp³-hybridized carbons (Fsp3) is 0.533. The highest BCUT2D eigenvalue weighted by atomic mass is 32.1. The molecule has 1 amide bonds. The highest BCUT2D eigenvalue weighted by Gasteiger charge is 2.31. The smallest absolute Gasteiger partial charge is 0.240 e. The lowest BCUT2D eigenvalue weighted by atomic mass is 10.0. The van der Waals surface area contributed by atoms with Gasteiger partial charge >= 0.3 is 0 Å². The number of aromatic nitrogens is 3. The van der Waals surface area contributed by atoms with E-state index in [1.54, 1.807) is 6.20 Å². The number of nitrogens with zero attached hydrogens (tertiary/aromatic N) is 4. The molecule has 1 aliphatic heterocycles. The van der Waals surface area contributed by atoms with Crippen molar-refractivity contribution >= 4 is 22.4 Å². The van der Waals surface area contributed by atoms with Crippen LogP contribution in [0.25, 0.3) is 0 Å². The Morgan fingerprint density at radius 1 is 1.50 bits per heavy atom. The van der Waals surface area contributed by atoms with Crippen molar-refractivity contribution in [2.24, 2.45) is 7.05 Å². The van der Waals surface area contributed by atoms with E-state index in [0.717, 1.165) is 25.1 Å². The molecule has 6 nitrogen and oxygen atoms in total. The van der Waals surface area contributed by atoms with E-state index in [-0.39, 0.29) is 11.9 Å². The molecule has 0 unspecified atom stereocenters. The van der Waals surface area contributed by atoms with Crippen LogP contribution in [-0.4, -0.2) is 38.7 Å². The van der Waals surface area contributed by atoms with Crippen LogP contribution >= 0.6 is 11.3 Å². The number of nitrogens with one attached hydrogen (secondary N) is 1. The van der Waals surface area contributed by atoms with Crippen molar-refractivity contribution in [2.75, 3.05) is 18.4 Å². The summed E-state index contributed by atoms with van der Waals surface area (Å²) in [6, 6.07) is 0.288. The van der Waals surface area contributed by atoms with Crippen molar-refractivity contribution < 1.29 is 4.79 Å². The molecule has 2 aromatic rings. The monoisotopic (exact) mass is 319 g/mol. The summed E-state index contributed by atoms with van der Waals surface area (Å²) in [7, 11) is 1.97. The molecule has 0 aliphatic carbocycles. The molecule has 0 aromatic carbocycles. The van der Waals surface area contributed by atoms with Crippen molar-refractivity contribution in [3.8, 4) is 0 Å². The summed E-state index contributed by atoms with van der Waals surface area (Å²) >= 11 is 1.44. The Morgan fingerprint density at radius 2 is 2.32 bits per heavy atom. The number of aryl methyl sites for hydroxylation is 2. The maximum atomic E-state index is 12.2. The fourth-order valence-corrected chi connectivity index (χ4v) is 3.79. The Morgan fingerprint density at radius 3 is 2.95 bits per heavy atom. The highest BCUT2D eigenvalue weighted by molar-refractivity contribution is 7.13. The lowest BCUT2D eigenvalue weighted by Gasteiger charge is -2.24. The van der Waals surface area contributed by atoms with E-state index in [2.05, 4.69) is 34.1 Å². The SMILES string of the molecule is Cc1nn(C)c(C)c1[C@H]1CCCN1CC(=O)Nc1nccs1. The second-order valence-electron chi connectivity index (χ2n) is 5.72. The van der Waals surface area contributed by atoms with E-state index < -0.39 is 0 Å². The van der Waals surface area contributed by atoms with Crippen LogP contribution in [0.3, 0.4) is 0 Å². The molecule has 1 atom stereocenters. The number of rotatable bonds is 4. The van der Waals surface area contributed by atoms with Gasteiger partial charge in [0.15, 0.2) is 5.13 Å². The maximum absolute atomic E-state index is 12.2. The van der Waals surface area contributed by atoms with Crippen molar-refractivity contribution in [1.29, 1.82) is 0 Å². The quantitative estimate of drug-likeness (QED) is 0.939. The van der Waals surface area contributed by atoms with Gasteiger partial charge in [0.05, 0.1) is 12.2 Å².